The van der Waals surface area contributed by atoms with E-state index in [0.29, 0.717) is 32.7 Å². The van der Waals surface area contributed by atoms with Gasteiger partial charge in [0.1, 0.15) is 17.1 Å². The van der Waals surface area contributed by atoms with Gasteiger partial charge in [0.15, 0.2) is 5.76 Å². The van der Waals surface area contributed by atoms with E-state index in [1.54, 1.807) is 42.5 Å². The number of amides is 1. The maximum absolute atomic E-state index is 12.2. The highest BCUT2D eigenvalue weighted by atomic mass is 79.9. The Morgan fingerprint density at radius 2 is 1.89 bits per heavy atom. The van der Waals surface area contributed by atoms with Crippen molar-refractivity contribution in [1.29, 1.82) is 0 Å². The smallest absolute Gasteiger partial charge is 0.307 e. The normalized spacial score (nSPS) is 11.4. The summed E-state index contributed by atoms with van der Waals surface area (Å²) in [5.74, 6) is 0.687. The van der Waals surface area contributed by atoms with E-state index in [2.05, 4.69) is 26.5 Å². The first-order chi connectivity index (χ1) is 13.5. The van der Waals surface area contributed by atoms with Gasteiger partial charge < -0.3 is 8.83 Å². The minimum absolute atomic E-state index is 0.163. The lowest BCUT2D eigenvalue weighted by Gasteiger charge is -2.00. The van der Waals surface area contributed by atoms with Crippen LogP contribution in [0.5, 0.6) is 0 Å². The number of carbonyl (C=O) groups excluding carboxylic acids is 1. The molecule has 0 saturated heterocycles. The summed E-state index contributed by atoms with van der Waals surface area (Å²) in [6.45, 7) is 0. The highest BCUT2D eigenvalue weighted by Crippen LogP contribution is 2.31. The first-order valence-corrected chi connectivity index (χ1v) is 9.62. The number of halogens is 3. The predicted octanol–water partition coefficient (Wildman–Crippen LogP) is 6.53. The van der Waals surface area contributed by atoms with Gasteiger partial charge in [0.2, 0.25) is 0 Å². The summed E-state index contributed by atoms with van der Waals surface area (Å²) in [5, 5.41) is 5.80. The van der Waals surface area contributed by atoms with Crippen LogP contribution in [0.15, 0.2) is 73.0 Å². The zero-order valence-electron chi connectivity index (χ0n) is 14.1. The quantitative estimate of drug-likeness (QED) is 0.268. The number of benzene rings is 2. The van der Waals surface area contributed by atoms with Gasteiger partial charge in [0.25, 0.3) is 0 Å². The Kier molecular flexibility index (Phi) is 5.26. The van der Waals surface area contributed by atoms with Crippen LogP contribution in [0.3, 0.4) is 0 Å². The first-order valence-electron chi connectivity index (χ1n) is 8.07. The fourth-order valence-electron chi connectivity index (χ4n) is 2.59. The molecule has 4 aromatic rings. The Balaban J connectivity index is 1.46. The van der Waals surface area contributed by atoms with Crippen LogP contribution in [0.4, 0.5) is 0 Å². The second-order valence-corrected chi connectivity index (χ2v) is 7.58. The number of fused-ring (bicyclic) bond motifs is 1. The van der Waals surface area contributed by atoms with Gasteiger partial charge in [0, 0.05) is 20.4 Å². The Hall–Kier alpha value is -2.54. The summed E-state index contributed by atoms with van der Waals surface area (Å²) in [6, 6.07) is 15.7. The van der Waals surface area contributed by atoms with Gasteiger partial charge in [0.05, 0.1) is 11.2 Å². The van der Waals surface area contributed by atoms with Crippen molar-refractivity contribution in [3.8, 4) is 11.3 Å². The maximum atomic E-state index is 12.2. The van der Waals surface area contributed by atoms with Crippen molar-refractivity contribution in [1.82, 2.24) is 5.43 Å². The molecule has 0 aliphatic heterocycles. The van der Waals surface area contributed by atoms with Gasteiger partial charge in [-0.25, -0.2) is 5.43 Å². The summed E-state index contributed by atoms with van der Waals surface area (Å²) in [7, 11) is 0. The molecule has 1 amide bonds. The Bertz CT molecular complexity index is 1210. The summed E-state index contributed by atoms with van der Waals surface area (Å²) in [4.78, 5) is 12.2. The summed E-state index contributed by atoms with van der Waals surface area (Å²) in [6.07, 6.45) is 1.39. The lowest BCUT2D eigenvalue weighted by atomic mass is 10.2. The molecule has 2 heterocycles. The van der Waals surface area contributed by atoms with Crippen molar-refractivity contribution in [2.45, 2.75) is 0 Å². The number of furan rings is 2. The number of nitrogens with zero attached hydrogens (tertiary/aromatic N) is 1. The molecule has 1 N–H and O–H groups in total. The van der Waals surface area contributed by atoms with Crippen molar-refractivity contribution in [3.63, 3.8) is 0 Å². The molecule has 4 rings (SSSR count). The van der Waals surface area contributed by atoms with Crippen LogP contribution in [0.2, 0.25) is 10.0 Å². The predicted molar refractivity (Wildman–Crippen MR) is 113 cm³/mol. The molecule has 5 nitrogen and oxygen atoms in total. The molecule has 0 bridgehead atoms. The fraction of sp³-hybridized carbons (Fsp3) is 0. The molecule has 0 aliphatic carbocycles. The molecule has 0 saturated carbocycles. The molecule has 0 fully saturated rings. The number of hydrogen-bond acceptors (Lipinski definition) is 4. The zero-order valence-corrected chi connectivity index (χ0v) is 17.2. The number of rotatable bonds is 4. The fourth-order valence-corrected chi connectivity index (χ4v) is 3.35. The van der Waals surface area contributed by atoms with Crippen LogP contribution in [0.25, 0.3) is 22.3 Å². The van der Waals surface area contributed by atoms with Gasteiger partial charge in [-0.2, -0.15) is 5.10 Å². The Labute approximate surface area is 178 Å². The largest absolute Gasteiger partial charge is 0.455 e. The lowest BCUT2D eigenvalue weighted by Crippen LogP contribution is -2.16. The van der Waals surface area contributed by atoms with E-state index in [1.807, 2.05) is 12.1 Å². The van der Waals surface area contributed by atoms with E-state index in [9.17, 15) is 4.79 Å². The molecule has 0 aliphatic rings. The molecule has 2 aromatic heterocycles. The van der Waals surface area contributed by atoms with Crippen LogP contribution in [-0.4, -0.2) is 12.1 Å². The lowest BCUT2D eigenvalue weighted by molar-refractivity contribution is 0.0929. The third kappa shape index (κ3) is 3.99. The highest BCUT2D eigenvalue weighted by Gasteiger charge is 2.12. The van der Waals surface area contributed by atoms with Crippen LogP contribution < -0.4 is 5.43 Å². The summed E-state index contributed by atoms with van der Waals surface area (Å²) >= 11 is 15.6. The summed E-state index contributed by atoms with van der Waals surface area (Å²) < 4.78 is 12.1. The molecule has 0 spiro atoms. The average molecular weight is 478 g/mol. The average Bonchev–Trinajstić information content (AvgIpc) is 3.30. The standard InChI is InChI=1S/C20H11BrCl2N2O3/c21-12-1-5-17-11(7-12)8-19(28-17)20(26)25-24-10-14-3-6-18(27-14)15-9-13(22)2-4-16(15)23/h1-10H,(H,25,26)/b24-10+. The van der Waals surface area contributed by atoms with E-state index in [4.69, 9.17) is 32.0 Å². The first kappa shape index (κ1) is 18.8. The van der Waals surface area contributed by atoms with Gasteiger partial charge in [-0.1, -0.05) is 39.1 Å². The molecular weight excluding hydrogens is 467 g/mol. The number of nitrogens with one attached hydrogen (secondary N) is 1. The number of carbonyl (C=O) groups is 1. The topological polar surface area (TPSA) is 67.7 Å². The zero-order chi connectivity index (χ0) is 19.7. The van der Waals surface area contributed by atoms with Crippen molar-refractivity contribution in [2.75, 3.05) is 0 Å². The van der Waals surface area contributed by atoms with Crippen LogP contribution in [0.1, 0.15) is 16.3 Å². The molecule has 8 heteroatoms. The SMILES string of the molecule is O=C(N/N=C/c1ccc(-c2cc(Cl)ccc2Cl)o1)c1cc2cc(Br)ccc2o1. The second kappa shape index (κ2) is 7.83. The third-order valence-corrected chi connectivity index (χ3v) is 4.94. The minimum Gasteiger partial charge on any atom is -0.455 e. The molecule has 0 radical (unpaired) electrons. The molecule has 28 heavy (non-hydrogen) atoms. The Morgan fingerprint density at radius 1 is 1.04 bits per heavy atom. The third-order valence-electron chi connectivity index (χ3n) is 3.88. The maximum Gasteiger partial charge on any atom is 0.307 e. The van der Waals surface area contributed by atoms with Crippen molar-refractivity contribution >= 4 is 62.2 Å². The second-order valence-electron chi connectivity index (χ2n) is 5.82. The molecule has 0 atom stereocenters. The van der Waals surface area contributed by atoms with Gasteiger partial charge in [-0.3, -0.25) is 4.79 Å². The molecule has 140 valence electrons. The van der Waals surface area contributed by atoms with Crippen molar-refractivity contribution < 1.29 is 13.6 Å². The van der Waals surface area contributed by atoms with Crippen LogP contribution >= 0.6 is 39.1 Å². The number of hydrogen-bond donors (Lipinski definition) is 1. The minimum atomic E-state index is -0.465. The molecule has 0 unspecified atom stereocenters. The van der Waals surface area contributed by atoms with Gasteiger partial charge in [-0.15, -0.1) is 0 Å². The van der Waals surface area contributed by atoms with Gasteiger partial charge in [-0.05, 0) is 54.6 Å². The van der Waals surface area contributed by atoms with E-state index in [1.165, 1.54) is 6.21 Å². The number of hydrazone groups is 1. The monoisotopic (exact) mass is 476 g/mol. The highest BCUT2D eigenvalue weighted by molar-refractivity contribution is 9.10. The molecule has 2 aromatic carbocycles. The Morgan fingerprint density at radius 3 is 2.75 bits per heavy atom. The van der Waals surface area contributed by atoms with Crippen LogP contribution in [-0.2, 0) is 0 Å². The van der Waals surface area contributed by atoms with Crippen LogP contribution in [0, 0.1) is 0 Å². The van der Waals surface area contributed by atoms with E-state index < -0.39 is 5.91 Å². The summed E-state index contributed by atoms with van der Waals surface area (Å²) in [5.41, 5.74) is 3.70. The van der Waals surface area contributed by atoms with Crippen molar-refractivity contribution in [2.24, 2.45) is 5.10 Å². The van der Waals surface area contributed by atoms with E-state index in [0.717, 1.165) is 9.86 Å². The van der Waals surface area contributed by atoms with E-state index in [-0.39, 0.29) is 5.76 Å². The van der Waals surface area contributed by atoms with Gasteiger partial charge >= 0.3 is 5.91 Å². The van der Waals surface area contributed by atoms with E-state index >= 15 is 0 Å². The molecular formula is C20H11BrCl2N2O3. The van der Waals surface area contributed by atoms with Crippen molar-refractivity contribution in [3.05, 3.63) is 80.6 Å².